The lowest BCUT2D eigenvalue weighted by molar-refractivity contribution is 0.144. The molecule has 0 atom stereocenters. The van der Waals surface area contributed by atoms with Gasteiger partial charge in [0.05, 0.1) is 6.54 Å². The van der Waals surface area contributed by atoms with Crippen LogP contribution in [0.2, 0.25) is 0 Å². The van der Waals surface area contributed by atoms with Gasteiger partial charge in [0.15, 0.2) is 0 Å². The summed E-state index contributed by atoms with van der Waals surface area (Å²) in [7, 11) is 0. The minimum atomic E-state index is -2.51. The van der Waals surface area contributed by atoms with Crippen molar-refractivity contribution in [2.75, 3.05) is 6.61 Å². The van der Waals surface area contributed by atoms with Crippen LogP contribution < -0.4 is 4.74 Å². The van der Waals surface area contributed by atoms with Crippen molar-refractivity contribution in [2.24, 2.45) is 0 Å². The lowest BCUT2D eigenvalue weighted by atomic mass is 10.3. The van der Waals surface area contributed by atoms with Gasteiger partial charge in [0.1, 0.15) is 12.3 Å². The Hall–Kier alpha value is -1.13. The van der Waals surface area contributed by atoms with Crippen molar-refractivity contribution in [3.8, 4) is 5.88 Å². The van der Waals surface area contributed by atoms with Gasteiger partial charge < -0.3 is 4.74 Å². The maximum Gasteiger partial charge on any atom is 0.282 e. The van der Waals surface area contributed by atoms with Crippen LogP contribution in [-0.2, 0) is 6.54 Å². The van der Waals surface area contributed by atoms with Gasteiger partial charge in [0.2, 0.25) is 5.88 Å². The third-order valence-corrected chi connectivity index (χ3v) is 1.92. The molecule has 80 valence electrons. The molecule has 0 aliphatic carbocycles. The first-order valence-electron chi connectivity index (χ1n) is 4.68. The van der Waals surface area contributed by atoms with Gasteiger partial charge in [-0.3, -0.25) is 0 Å². The van der Waals surface area contributed by atoms with E-state index in [1.165, 1.54) is 4.68 Å². The van der Waals surface area contributed by atoms with Gasteiger partial charge in [-0.2, -0.15) is 5.10 Å². The second-order valence-electron chi connectivity index (χ2n) is 2.69. The Labute approximate surface area is 81.7 Å². The molecule has 0 N–H and O–H groups in total. The van der Waals surface area contributed by atoms with Crippen LogP contribution in [0, 0.1) is 6.92 Å². The molecule has 0 radical (unpaired) electrons. The van der Waals surface area contributed by atoms with Crippen molar-refractivity contribution < 1.29 is 13.5 Å². The van der Waals surface area contributed by atoms with Crippen LogP contribution >= 0.6 is 0 Å². The summed E-state index contributed by atoms with van der Waals surface area (Å²) in [4.78, 5) is 0. The quantitative estimate of drug-likeness (QED) is 0.702. The smallest absolute Gasteiger partial charge is 0.282 e. The molecule has 0 spiro atoms. The predicted octanol–water partition coefficient (Wildman–Crippen LogP) is 2.55. The van der Waals surface area contributed by atoms with E-state index in [0.717, 1.165) is 0 Å². The fourth-order valence-electron chi connectivity index (χ4n) is 1.32. The molecule has 0 saturated carbocycles. The first-order chi connectivity index (χ1) is 6.70. The average Bonchev–Trinajstić information content (AvgIpc) is 2.72. The van der Waals surface area contributed by atoms with Crippen LogP contribution in [-0.4, -0.2) is 16.4 Å². The fourth-order valence-corrected chi connectivity index (χ4v) is 1.32. The zero-order valence-electron chi connectivity index (χ0n) is 8.55. The van der Waals surface area contributed by atoms with Gasteiger partial charge in [-0.25, -0.2) is 13.5 Å². The molecule has 1 aromatic heterocycles. The molecule has 0 bridgehead atoms. The number of nitrogens with zero attached hydrogens (tertiary/aromatic N) is 2. The van der Waals surface area contributed by atoms with Gasteiger partial charge >= 0.3 is 0 Å². The summed E-state index contributed by atoms with van der Waals surface area (Å²) in [6, 6.07) is 0. The van der Waals surface area contributed by atoms with E-state index in [4.69, 9.17) is 4.74 Å². The van der Waals surface area contributed by atoms with Crippen LogP contribution in [0.15, 0.2) is 0 Å². The molecule has 2 rings (SSSR count). The molecule has 0 fully saturated rings. The summed E-state index contributed by atoms with van der Waals surface area (Å²) < 4.78 is 31.1. The number of aromatic nitrogens is 2. The van der Waals surface area contributed by atoms with E-state index < -0.39 is 6.43 Å². The van der Waals surface area contributed by atoms with Crippen molar-refractivity contribution in [3.05, 3.63) is 11.3 Å². The van der Waals surface area contributed by atoms with Crippen molar-refractivity contribution in [1.29, 1.82) is 0 Å². The Morgan fingerprint density at radius 2 is 2.07 bits per heavy atom. The molecule has 0 amide bonds. The van der Waals surface area contributed by atoms with Gasteiger partial charge in [-0.15, -0.1) is 0 Å². The molecule has 1 aromatic rings. The molecular weight excluding hydrogens is 190 g/mol. The van der Waals surface area contributed by atoms with E-state index in [2.05, 4.69) is 5.10 Å². The molecule has 0 unspecified atom stereocenters. The summed E-state index contributed by atoms with van der Waals surface area (Å²) in [6.45, 7) is 6.71. The number of fused-ring (bicyclic) bond motifs is 1. The van der Waals surface area contributed by atoms with Crippen LogP contribution in [0.25, 0.3) is 0 Å². The molecule has 0 aromatic carbocycles. The average molecular weight is 204 g/mol. The fraction of sp³-hybridized carbons (Fsp3) is 0.667. The minimum absolute atomic E-state index is 0.162. The third kappa shape index (κ3) is 1.71. The SMILES string of the molecule is CC.Cc1c(C(F)F)nn2c1OCC2. The first-order valence-corrected chi connectivity index (χ1v) is 4.68. The normalized spacial score (nSPS) is 13.3. The predicted molar refractivity (Wildman–Crippen MR) is 48.8 cm³/mol. The van der Waals surface area contributed by atoms with Gasteiger partial charge in [0, 0.05) is 5.56 Å². The Morgan fingerprint density at radius 1 is 1.43 bits per heavy atom. The second-order valence-corrected chi connectivity index (χ2v) is 2.69. The summed E-state index contributed by atoms with van der Waals surface area (Å²) >= 11 is 0. The highest BCUT2D eigenvalue weighted by Crippen LogP contribution is 2.30. The standard InChI is InChI=1S/C7H8F2N2O.C2H6/c1-4-5(6(8)9)10-11-2-3-12-7(4)11;1-2/h6H,2-3H2,1H3;1-2H3. The molecule has 1 aliphatic rings. The summed E-state index contributed by atoms with van der Waals surface area (Å²) in [5.74, 6) is 0.491. The number of hydrogen-bond donors (Lipinski definition) is 0. The van der Waals surface area contributed by atoms with Crippen molar-refractivity contribution in [3.63, 3.8) is 0 Å². The molecule has 14 heavy (non-hydrogen) atoms. The van der Waals surface area contributed by atoms with Crippen LogP contribution in [0.3, 0.4) is 0 Å². The van der Waals surface area contributed by atoms with E-state index in [9.17, 15) is 8.78 Å². The van der Waals surface area contributed by atoms with Crippen LogP contribution in [0.5, 0.6) is 5.88 Å². The van der Waals surface area contributed by atoms with Gasteiger partial charge in [0.25, 0.3) is 6.43 Å². The van der Waals surface area contributed by atoms with E-state index >= 15 is 0 Å². The number of hydrogen-bond acceptors (Lipinski definition) is 2. The van der Waals surface area contributed by atoms with Crippen LogP contribution in [0.1, 0.15) is 31.5 Å². The molecule has 2 heterocycles. The molecule has 0 saturated heterocycles. The number of ether oxygens (including phenoxy) is 1. The van der Waals surface area contributed by atoms with Gasteiger partial charge in [-0.1, -0.05) is 13.8 Å². The molecule has 1 aliphatic heterocycles. The molecule has 5 heteroatoms. The monoisotopic (exact) mass is 204 g/mol. The van der Waals surface area contributed by atoms with E-state index in [-0.39, 0.29) is 5.69 Å². The van der Waals surface area contributed by atoms with Gasteiger partial charge in [-0.05, 0) is 6.92 Å². The summed E-state index contributed by atoms with van der Waals surface area (Å²) in [6.07, 6.45) is -2.51. The number of alkyl halides is 2. The minimum Gasteiger partial charge on any atom is -0.476 e. The maximum atomic E-state index is 12.3. The number of rotatable bonds is 1. The highest BCUT2D eigenvalue weighted by atomic mass is 19.3. The number of halogens is 2. The Bertz CT molecular complexity index is 310. The molecular formula is C9H14F2N2O. The lowest BCUT2D eigenvalue weighted by Gasteiger charge is -1.96. The van der Waals surface area contributed by atoms with E-state index in [1.54, 1.807) is 6.92 Å². The van der Waals surface area contributed by atoms with Crippen molar-refractivity contribution in [1.82, 2.24) is 9.78 Å². The van der Waals surface area contributed by atoms with E-state index in [0.29, 0.717) is 24.6 Å². The summed E-state index contributed by atoms with van der Waals surface area (Å²) in [5.41, 5.74) is 0.298. The Kier molecular flexibility index (Phi) is 3.43. The largest absolute Gasteiger partial charge is 0.476 e. The van der Waals surface area contributed by atoms with Crippen LogP contribution in [0.4, 0.5) is 8.78 Å². The molecule has 3 nitrogen and oxygen atoms in total. The first kappa shape index (κ1) is 10.9. The van der Waals surface area contributed by atoms with Crippen molar-refractivity contribution >= 4 is 0 Å². The Morgan fingerprint density at radius 3 is 2.57 bits per heavy atom. The zero-order valence-corrected chi connectivity index (χ0v) is 8.55. The maximum absolute atomic E-state index is 12.3. The highest BCUT2D eigenvalue weighted by molar-refractivity contribution is 5.32. The Balaban J connectivity index is 0.000000461. The van der Waals surface area contributed by atoms with Crippen molar-refractivity contribution in [2.45, 2.75) is 33.7 Å². The lowest BCUT2D eigenvalue weighted by Crippen LogP contribution is -1.98. The summed E-state index contributed by atoms with van der Waals surface area (Å²) in [5, 5.41) is 3.73. The second kappa shape index (κ2) is 4.39. The third-order valence-electron chi connectivity index (χ3n) is 1.92. The van der Waals surface area contributed by atoms with E-state index in [1.807, 2.05) is 13.8 Å². The topological polar surface area (TPSA) is 27.1 Å². The highest BCUT2D eigenvalue weighted by Gasteiger charge is 2.24. The zero-order chi connectivity index (χ0) is 10.7.